The number of hydrogen-bond donors (Lipinski definition) is 4. The van der Waals surface area contributed by atoms with E-state index in [1.54, 1.807) is 48.5 Å². The largest absolute Gasteiger partial charge is 0.458 e. The number of nitrogens with one attached hydrogen (secondary N) is 3. The lowest BCUT2D eigenvalue weighted by molar-refractivity contribution is -0.162. The van der Waals surface area contributed by atoms with E-state index in [1.165, 1.54) is 0 Å². The van der Waals surface area contributed by atoms with Crippen LogP contribution in [0.15, 0.2) is 0 Å². The van der Waals surface area contributed by atoms with Crippen molar-refractivity contribution in [3.8, 4) is 0 Å². The first kappa shape index (κ1) is 39.6. The molecule has 0 aromatic rings. The third-order valence-corrected chi connectivity index (χ3v) is 5.26. The maximum Gasteiger partial charge on any atom is 0.407 e. The molecule has 12 heteroatoms. The van der Waals surface area contributed by atoms with Crippen LogP contribution in [0.25, 0.3) is 0 Å². The highest BCUT2D eigenvalue weighted by Gasteiger charge is 2.33. The van der Waals surface area contributed by atoms with Crippen molar-refractivity contribution in [1.82, 2.24) is 16.0 Å². The first-order chi connectivity index (χ1) is 18.8. The number of nitrogens with two attached hydrogens (primary N) is 1. The molecule has 0 bridgehead atoms. The molecule has 5 N–H and O–H groups in total. The van der Waals surface area contributed by atoms with Gasteiger partial charge in [0.25, 0.3) is 0 Å². The Morgan fingerprint density at radius 1 is 0.690 bits per heavy atom. The predicted molar refractivity (Wildman–Crippen MR) is 162 cm³/mol. The second-order valence-corrected chi connectivity index (χ2v) is 14.5. The molecule has 0 aromatic heterocycles. The van der Waals surface area contributed by atoms with Gasteiger partial charge in [0.1, 0.15) is 23.3 Å². The van der Waals surface area contributed by atoms with Gasteiger partial charge < -0.3 is 40.6 Å². The average molecular weight is 603 g/mol. The van der Waals surface area contributed by atoms with Gasteiger partial charge >= 0.3 is 12.1 Å². The maximum absolute atomic E-state index is 13.5. The molecule has 0 rings (SSSR count). The fourth-order valence-electron chi connectivity index (χ4n) is 3.51. The summed E-state index contributed by atoms with van der Waals surface area (Å²) in [7, 11) is 0. The molecule has 0 unspecified atom stereocenters. The van der Waals surface area contributed by atoms with Gasteiger partial charge in [-0.3, -0.25) is 9.59 Å². The molecule has 246 valence electrons. The fourth-order valence-corrected chi connectivity index (χ4v) is 3.51. The Balaban J connectivity index is 5.67. The quantitative estimate of drug-likeness (QED) is 0.172. The van der Waals surface area contributed by atoms with Gasteiger partial charge in [-0.15, -0.1) is 0 Å². The maximum atomic E-state index is 13.5. The van der Waals surface area contributed by atoms with Crippen LogP contribution in [0.3, 0.4) is 0 Å². The zero-order valence-corrected chi connectivity index (χ0v) is 28.2. The molecule has 12 nitrogen and oxygen atoms in total. The molecular formula is C30H58N4O8. The standard InChI is InChI=1S/C30H58N4O8/c1-19(40-28(5,6)7)22(31)24(36)33-20(16-14-15-17-32-26(38)42-30(11,12)13)23(35)34-21(18-39-27(2,3)4)25(37)41-29(8,9)10/h19-22H,14-18,31H2,1-13H3,(H,32,38)(H,33,36)(H,34,35)/t19-,20+,21+,22+/m1/s1. The van der Waals surface area contributed by atoms with E-state index in [1.807, 2.05) is 41.5 Å². The van der Waals surface area contributed by atoms with Crippen molar-refractivity contribution in [1.29, 1.82) is 0 Å². The summed E-state index contributed by atoms with van der Waals surface area (Å²) < 4.78 is 22.3. The van der Waals surface area contributed by atoms with Crippen LogP contribution in [0, 0.1) is 0 Å². The summed E-state index contributed by atoms with van der Waals surface area (Å²) in [6.07, 6.45) is 0.0320. The van der Waals surface area contributed by atoms with Crippen molar-refractivity contribution < 1.29 is 38.1 Å². The van der Waals surface area contributed by atoms with E-state index in [-0.39, 0.29) is 13.0 Å². The molecule has 0 spiro atoms. The molecule has 0 heterocycles. The molecule has 0 aromatic carbocycles. The molecule has 42 heavy (non-hydrogen) atoms. The Hall–Kier alpha value is -2.44. The van der Waals surface area contributed by atoms with E-state index in [4.69, 9.17) is 24.7 Å². The van der Waals surface area contributed by atoms with Crippen LogP contribution in [-0.2, 0) is 33.3 Å². The fraction of sp³-hybridized carbons (Fsp3) is 0.867. The number of carbonyl (C=O) groups is 4. The first-order valence-electron chi connectivity index (χ1n) is 14.7. The number of alkyl carbamates (subject to hydrolysis) is 1. The van der Waals surface area contributed by atoms with E-state index in [0.717, 1.165) is 0 Å². The van der Waals surface area contributed by atoms with Gasteiger partial charge in [0, 0.05) is 6.54 Å². The topological polar surface area (TPSA) is 167 Å². The second-order valence-electron chi connectivity index (χ2n) is 14.5. The molecule has 0 aliphatic rings. The Kier molecular flexibility index (Phi) is 15.5. The van der Waals surface area contributed by atoms with Crippen LogP contribution < -0.4 is 21.7 Å². The van der Waals surface area contributed by atoms with Gasteiger partial charge in [-0.2, -0.15) is 0 Å². The summed E-state index contributed by atoms with van der Waals surface area (Å²) in [5.74, 6) is -1.82. The van der Waals surface area contributed by atoms with E-state index in [2.05, 4.69) is 16.0 Å². The number of hydrogen-bond acceptors (Lipinski definition) is 9. The Labute approximate surface area is 252 Å². The van der Waals surface area contributed by atoms with Gasteiger partial charge in [0.2, 0.25) is 11.8 Å². The number of rotatable bonds is 14. The van der Waals surface area contributed by atoms with Gasteiger partial charge in [-0.25, -0.2) is 9.59 Å². The van der Waals surface area contributed by atoms with Gasteiger partial charge in [0.05, 0.1) is 23.9 Å². The number of ether oxygens (including phenoxy) is 4. The first-order valence-corrected chi connectivity index (χ1v) is 14.7. The van der Waals surface area contributed by atoms with Crippen LogP contribution in [0.1, 0.15) is 109 Å². The lowest BCUT2D eigenvalue weighted by atomic mass is 10.1. The van der Waals surface area contributed by atoms with Gasteiger partial charge in [-0.05, 0) is 109 Å². The molecule has 0 aliphatic carbocycles. The molecule has 0 saturated heterocycles. The molecule has 0 saturated carbocycles. The average Bonchev–Trinajstić information content (AvgIpc) is 2.75. The van der Waals surface area contributed by atoms with Crippen molar-refractivity contribution in [2.24, 2.45) is 5.73 Å². The number of unbranched alkanes of at least 4 members (excludes halogenated alkanes) is 1. The molecule has 0 fully saturated rings. The molecular weight excluding hydrogens is 544 g/mol. The van der Waals surface area contributed by atoms with E-state index in [9.17, 15) is 19.2 Å². The summed E-state index contributed by atoms with van der Waals surface area (Å²) in [6, 6.07) is -3.17. The Morgan fingerprint density at radius 2 is 1.21 bits per heavy atom. The Bertz CT molecular complexity index is 882. The number of esters is 1. The molecule has 0 aliphatic heterocycles. The minimum atomic E-state index is -1.11. The van der Waals surface area contributed by atoms with Crippen LogP contribution in [0.4, 0.5) is 4.79 Å². The predicted octanol–water partition coefficient (Wildman–Crippen LogP) is 3.34. The molecule has 3 amide bonds. The van der Waals surface area contributed by atoms with Crippen molar-refractivity contribution in [2.75, 3.05) is 13.2 Å². The van der Waals surface area contributed by atoms with Crippen molar-refractivity contribution in [2.45, 2.75) is 156 Å². The minimum absolute atomic E-state index is 0.124. The van der Waals surface area contributed by atoms with Crippen molar-refractivity contribution in [3.05, 3.63) is 0 Å². The monoisotopic (exact) mass is 602 g/mol. The van der Waals surface area contributed by atoms with E-state index in [0.29, 0.717) is 19.4 Å². The molecule has 4 atom stereocenters. The highest BCUT2D eigenvalue weighted by atomic mass is 16.6. The van der Waals surface area contributed by atoms with Crippen LogP contribution >= 0.6 is 0 Å². The zero-order valence-electron chi connectivity index (χ0n) is 28.2. The van der Waals surface area contributed by atoms with Crippen molar-refractivity contribution in [3.63, 3.8) is 0 Å². The lowest BCUT2D eigenvalue weighted by Crippen LogP contribution is -2.58. The highest BCUT2D eigenvalue weighted by molar-refractivity contribution is 5.92. The van der Waals surface area contributed by atoms with Crippen LogP contribution in [0.2, 0.25) is 0 Å². The minimum Gasteiger partial charge on any atom is -0.458 e. The Morgan fingerprint density at radius 3 is 1.69 bits per heavy atom. The van der Waals surface area contributed by atoms with E-state index < -0.39 is 70.5 Å². The number of amides is 3. The lowest BCUT2D eigenvalue weighted by Gasteiger charge is -2.30. The summed E-state index contributed by atoms with van der Waals surface area (Å²) in [5.41, 5.74) is 3.66. The molecule has 0 radical (unpaired) electrons. The van der Waals surface area contributed by atoms with Crippen LogP contribution in [-0.4, -0.2) is 83.7 Å². The second kappa shape index (κ2) is 16.4. The van der Waals surface area contributed by atoms with Crippen LogP contribution in [0.5, 0.6) is 0 Å². The third kappa shape index (κ3) is 19.6. The van der Waals surface area contributed by atoms with Crippen molar-refractivity contribution >= 4 is 23.9 Å². The zero-order chi connectivity index (χ0) is 33.1. The smallest absolute Gasteiger partial charge is 0.407 e. The summed E-state index contributed by atoms with van der Waals surface area (Å²) in [5, 5.41) is 8.09. The normalized spacial score (nSPS) is 15.6. The SMILES string of the molecule is C[C@@H](OC(C)(C)C)[C@H](N)C(=O)N[C@@H](CCCCNC(=O)OC(C)(C)C)C(=O)N[C@@H](COC(C)(C)C)C(=O)OC(C)(C)C. The summed E-state index contributed by atoms with van der Waals surface area (Å²) in [4.78, 5) is 51.4. The van der Waals surface area contributed by atoms with Gasteiger partial charge in [-0.1, -0.05) is 0 Å². The number of carbonyl (C=O) groups excluding carboxylic acids is 4. The summed E-state index contributed by atoms with van der Waals surface area (Å²) in [6.45, 7) is 23.4. The van der Waals surface area contributed by atoms with E-state index >= 15 is 0 Å². The highest BCUT2D eigenvalue weighted by Crippen LogP contribution is 2.14. The van der Waals surface area contributed by atoms with Gasteiger partial charge in [0.15, 0.2) is 6.04 Å². The summed E-state index contributed by atoms with van der Waals surface area (Å²) >= 11 is 0. The third-order valence-electron chi connectivity index (χ3n) is 5.26.